The number of nitrogens with zero attached hydrogens (tertiary/aromatic N) is 3. The van der Waals surface area contributed by atoms with E-state index in [4.69, 9.17) is 9.72 Å². The van der Waals surface area contributed by atoms with Crippen molar-refractivity contribution in [1.29, 1.82) is 0 Å². The van der Waals surface area contributed by atoms with Crippen molar-refractivity contribution >= 4 is 17.8 Å². The number of urea groups is 1. The first kappa shape index (κ1) is 30.2. The summed E-state index contributed by atoms with van der Waals surface area (Å²) in [4.78, 5) is 33.0. The predicted molar refractivity (Wildman–Crippen MR) is 154 cm³/mol. The van der Waals surface area contributed by atoms with Gasteiger partial charge in [0.1, 0.15) is 17.6 Å². The van der Waals surface area contributed by atoms with E-state index in [1.165, 1.54) is 5.56 Å². The van der Waals surface area contributed by atoms with Crippen LogP contribution in [0.25, 0.3) is 0 Å². The summed E-state index contributed by atoms with van der Waals surface area (Å²) in [5, 5.41) is 15.8. The molecule has 0 unspecified atom stereocenters. The molecule has 1 atom stereocenters. The number of ether oxygens (including phenoxy) is 1. The molecule has 2 amide bonds. The van der Waals surface area contributed by atoms with Gasteiger partial charge in [-0.1, -0.05) is 24.3 Å². The van der Waals surface area contributed by atoms with Gasteiger partial charge in [0.2, 0.25) is 0 Å². The van der Waals surface area contributed by atoms with Gasteiger partial charge in [-0.05, 0) is 89.1 Å². The topological polar surface area (TPSA) is 107 Å². The Morgan fingerprint density at radius 1 is 1.05 bits per heavy atom. The maximum Gasteiger partial charge on any atom is 0.326 e. The highest BCUT2D eigenvalue weighted by Gasteiger charge is 2.23. The minimum absolute atomic E-state index is 0.331. The van der Waals surface area contributed by atoms with E-state index < -0.39 is 12.0 Å². The van der Waals surface area contributed by atoms with Crippen LogP contribution in [0.3, 0.4) is 0 Å². The second kappa shape index (κ2) is 16.6. The summed E-state index contributed by atoms with van der Waals surface area (Å²) >= 11 is 0. The smallest absolute Gasteiger partial charge is 0.326 e. The second-order valence-electron chi connectivity index (χ2n) is 9.96. The number of para-hydroxylation sites is 1. The van der Waals surface area contributed by atoms with Gasteiger partial charge in [-0.2, -0.15) is 0 Å². The fourth-order valence-corrected chi connectivity index (χ4v) is 4.80. The Kier molecular flexibility index (Phi) is 12.9. The number of carbonyl (C=O) groups is 2. The van der Waals surface area contributed by atoms with Crippen LogP contribution in [0.2, 0.25) is 0 Å². The molecule has 3 N–H and O–H groups in total. The number of carboxylic acid groups (broad SMARTS) is 1. The first-order chi connectivity index (χ1) is 19.0. The summed E-state index contributed by atoms with van der Waals surface area (Å²) in [5.41, 5.74) is 2.41. The Morgan fingerprint density at radius 2 is 1.82 bits per heavy atom. The maximum atomic E-state index is 12.5. The zero-order valence-electron chi connectivity index (χ0n) is 23.5. The number of hydrogen-bond donors (Lipinski definition) is 3. The van der Waals surface area contributed by atoms with Gasteiger partial charge in [-0.3, -0.25) is 0 Å². The van der Waals surface area contributed by atoms with E-state index in [0.29, 0.717) is 32.7 Å². The third-order valence-electron chi connectivity index (χ3n) is 7.12. The third-order valence-corrected chi connectivity index (χ3v) is 7.12. The normalized spacial score (nSPS) is 13.3. The van der Waals surface area contributed by atoms with Gasteiger partial charge in [0.25, 0.3) is 0 Å². The number of aromatic nitrogens is 1. The monoisotopic (exact) mass is 539 g/mol. The standard InChI is InChI=1S/C30H45N5O4/c1-3-35(4-2)30(38)33-27(29(36)37)18-22-34(21-11-23-39-26-14-6-5-7-15-26)20-9-8-13-25-17-16-24-12-10-19-31-28(24)32-25/h5-7,14-17,27H,3-4,8-13,18-23H2,1-2H3,(H,31,32)(H,33,38)(H,36,37)/t27-/m0/s1. The van der Waals surface area contributed by atoms with Crippen LogP contribution in [-0.2, 0) is 17.6 Å². The first-order valence-electron chi connectivity index (χ1n) is 14.4. The Hall–Kier alpha value is -3.33. The van der Waals surface area contributed by atoms with Crippen molar-refractivity contribution in [2.24, 2.45) is 0 Å². The molecule has 1 aromatic carbocycles. The lowest BCUT2D eigenvalue weighted by molar-refractivity contribution is -0.139. The van der Waals surface area contributed by atoms with E-state index in [1.54, 1.807) is 4.90 Å². The van der Waals surface area contributed by atoms with Gasteiger partial charge in [-0.15, -0.1) is 0 Å². The molecule has 0 spiro atoms. The molecule has 9 nitrogen and oxygen atoms in total. The molecule has 0 aliphatic carbocycles. The summed E-state index contributed by atoms with van der Waals surface area (Å²) in [6.07, 6.45) is 6.32. The number of unbranched alkanes of at least 4 members (excludes halogenated alkanes) is 1. The summed E-state index contributed by atoms with van der Waals surface area (Å²) in [5.74, 6) is 0.876. The lowest BCUT2D eigenvalue weighted by atomic mass is 10.1. The van der Waals surface area contributed by atoms with Gasteiger partial charge in [-0.25, -0.2) is 14.6 Å². The number of anilines is 1. The van der Waals surface area contributed by atoms with Gasteiger partial charge >= 0.3 is 12.0 Å². The molecule has 39 heavy (non-hydrogen) atoms. The van der Waals surface area contributed by atoms with Crippen molar-refractivity contribution < 1.29 is 19.4 Å². The van der Waals surface area contributed by atoms with Gasteiger partial charge in [0.15, 0.2) is 0 Å². The van der Waals surface area contributed by atoms with Crippen molar-refractivity contribution in [1.82, 2.24) is 20.1 Å². The van der Waals surface area contributed by atoms with Crippen LogP contribution in [0.5, 0.6) is 5.75 Å². The number of carboxylic acids is 1. The van der Waals surface area contributed by atoms with Gasteiger partial charge < -0.3 is 30.3 Å². The predicted octanol–water partition coefficient (Wildman–Crippen LogP) is 4.43. The molecule has 2 aromatic rings. The van der Waals surface area contributed by atoms with Crippen LogP contribution in [0.4, 0.5) is 10.6 Å². The molecule has 0 fully saturated rings. The molecule has 214 valence electrons. The molecule has 1 aliphatic heterocycles. The van der Waals surface area contributed by atoms with Crippen LogP contribution in [-0.4, -0.2) is 83.8 Å². The number of amides is 2. The van der Waals surface area contributed by atoms with E-state index in [2.05, 4.69) is 27.7 Å². The molecule has 0 saturated carbocycles. The van der Waals surface area contributed by atoms with Crippen molar-refractivity contribution in [3.8, 4) is 5.75 Å². The average molecular weight is 540 g/mol. The zero-order valence-corrected chi connectivity index (χ0v) is 23.5. The Morgan fingerprint density at radius 3 is 2.56 bits per heavy atom. The minimum Gasteiger partial charge on any atom is -0.494 e. The van der Waals surface area contributed by atoms with Crippen molar-refractivity contribution in [2.75, 3.05) is 51.2 Å². The number of hydrogen-bond acceptors (Lipinski definition) is 6. The van der Waals surface area contributed by atoms with E-state index in [0.717, 1.165) is 75.4 Å². The largest absolute Gasteiger partial charge is 0.494 e. The number of aryl methyl sites for hydroxylation is 2. The lowest BCUT2D eigenvalue weighted by Gasteiger charge is -2.26. The number of pyridine rings is 1. The summed E-state index contributed by atoms with van der Waals surface area (Å²) in [7, 11) is 0. The highest BCUT2D eigenvalue weighted by molar-refractivity contribution is 5.82. The number of rotatable bonds is 17. The first-order valence-corrected chi connectivity index (χ1v) is 14.4. The number of nitrogens with one attached hydrogen (secondary N) is 2. The highest BCUT2D eigenvalue weighted by Crippen LogP contribution is 2.20. The molecule has 2 heterocycles. The van der Waals surface area contributed by atoms with E-state index >= 15 is 0 Å². The molecule has 1 aromatic heterocycles. The van der Waals surface area contributed by atoms with Crippen LogP contribution >= 0.6 is 0 Å². The summed E-state index contributed by atoms with van der Waals surface area (Å²) in [6.45, 7) is 8.65. The van der Waals surface area contributed by atoms with Crippen molar-refractivity contribution in [2.45, 2.75) is 64.8 Å². The molecule has 9 heteroatoms. The molecule has 0 saturated heterocycles. The van der Waals surface area contributed by atoms with Crippen LogP contribution < -0.4 is 15.4 Å². The van der Waals surface area contributed by atoms with Crippen molar-refractivity contribution in [3.05, 3.63) is 53.7 Å². The molecule has 0 bridgehead atoms. The fourth-order valence-electron chi connectivity index (χ4n) is 4.80. The third kappa shape index (κ3) is 10.4. The maximum absolute atomic E-state index is 12.5. The number of fused-ring (bicyclic) bond motifs is 1. The number of carbonyl (C=O) groups excluding carboxylic acids is 1. The van der Waals surface area contributed by atoms with Crippen LogP contribution in [0, 0.1) is 0 Å². The molecular weight excluding hydrogens is 494 g/mol. The zero-order chi connectivity index (χ0) is 27.9. The second-order valence-corrected chi connectivity index (χ2v) is 9.96. The number of aliphatic carboxylic acids is 1. The molecular formula is C30H45N5O4. The summed E-state index contributed by atoms with van der Waals surface area (Å²) < 4.78 is 5.86. The lowest BCUT2D eigenvalue weighted by Crippen LogP contribution is -2.49. The quantitative estimate of drug-likeness (QED) is 0.255. The van der Waals surface area contributed by atoms with E-state index in [-0.39, 0.29) is 6.03 Å². The Bertz CT molecular complexity index is 1020. The molecule has 1 aliphatic rings. The van der Waals surface area contributed by atoms with E-state index in [1.807, 2.05) is 44.2 Å². The van der Waals surface area contributed by atoms with Crippen molar-refractivity contribution in [3.63, 3.8) is 0 Å². The SMILES string of the molecule is CCN(CC)C(=O)N[C@@H](CCN(CCCCc1ccc2c(n1)NCCC2)CCCOc1ccccc1)C(=O)O. The Balaban J connectivity index is 1.50. The van der Waals surface area contributed by atoms with Gasteiger partial charge in [0, 0.05) is 38.4 Å². The summed E-state index contributed by atoms with van der Waals surface area (Å²) in [6, 6.07) is 12.8. The highest BCUT2D eigenvalue weighted by atomic mass is 16.5. The van der Waals surface area contributed by atoms with Crippen LogP contribution in [0.15, 0.2) is 42.5 Å². The average Bonchev–Trinajstić information content (AvgIpc) is 2.95. The molecule has 0 radical (unpaired) electrons. The number of benzene rings is 1. The van der Waals surface area contributed by atoms with Crippen LogP contribution in [0.1, 0.15) is 57.2 Å². The van der Waals surface area contributed by atoms with E-state index in [9.17, 15) is 14.7 Å². The fraction of sp³-hybridized carbons (Fsp3) is 0.567. The van der Waals surface area contributed by atoms with Gasteiger partial charge in [0.05, 0.1) is 6.61 Å². The molecule has 3 rings (SSSR count). The minimum atomic E-state index is -1.00. The Labute approximate surface area is 232 Å².